The first-order valence-electron chi connectivity index (χ1n) is 16.5. The number of piperazine rings is 1. The van der Waals surface area contributed by atoms with Crippen molar-refractivity contribution in [2.75, 3.05) is 36.4 Å². The van der Waals surface area contributed by atoms with E-state index in [0.29, 0.717) is 24.5 Å². The minimum Gasteiger partial charge on any atom is -0.364 e. The first-order valence-corrected chi connectivity index (χ1v) is 16.5. The Bertz CT molecular complexity index is 1970. The van der Waals surface area contributed by atoms with E-state index in [9.17, 15) is 58.7 Å². The van der Waals surface area contributed by atoms with E-state index in [0.717, 1.165) is 0 Å². The van der Waals surface area contributed by atoms with Crippen LogP contribution in [0.4, 0.5) is 51.1 Å². The van der Waals surface area contributed by atoms with Crippen LogP contribution in [-0.2, 0) is 28.9 Å². The second kappa shape index (κ2) is 16.5. The van der Waals surface area contributed by atoms with Crippen molar-refractivity contribution in [3.8, 4) is 0 Å². The van der Waals surface area contributed by atoms with Crippen LogP contribution >= 0.6 is 0 Å². The van der Waals surface area contributed by atoms with Crippen LogP contribution in [0, 0.1) is 12.3 Å². The number of anilines is 2. The second-order valence-corrected chi connectivity index (χ2v) is 12.4. The third kappa shape index (κ3) is 10.1. The lowest BCUT2D eigenvalue weighted by atomic mass is 9.90. The Labute approximate surface area is 314 Å². The van der Waals surface area contributed by atoms with Gasteiger partial charge in [-0.3, -0.25) is 24.9 Å². The van der Waals surface area contributed by atoms with Gasteiger partial charge < -0.3 is 20.0 Å². The molecule has 0 spiro atoms. The lowest BCUT2D eigenvalue weighted by Crippen LogP contribution is -2.58. The maximum absolute atomic E-state index is 13.7. The predicted molar refractivity (Wildman–Crippen MR) is 172 cm³/mol. The molecule has 1 saturated heterocycles. The average molecular weight is 825 g/mol. The third-order valence-corrected chi connectivity index (χ3v) is 8.42. The highest BCUT2D eigenvalue weighted by atomic mass is 19.4. The normalized spacial score (nSPS) is 17.7. The average Bonchev–Trinajstić information content (AvgIpc) is 3.15. The number of hydroxylamine groups is 4. The van der Waals surface area contributed by atoms with Crippen molar-refractivity contribution < 1.29 is 73.2 Å². The molecule has 308 valence electrons. The maximum Gasteiger partial charge on any atom is 0.493 e. The number of benzene rings is 1. The number of guanidine groups is 1. The highest BCUT2D eigenvalue weighted by Crippen LogP contribution is 2.32. The summed E-state index contributed by atoms with van der Waals surface area (Å²) in [5.41, 5.74) is 0.842. The fraction of sp³-hybridized carbons (Fsp3) is 0.452. The van der Waals surface area contributed by atoms with Crippen LogP contribution in [0.3, 0.4) is 0 Å². The van der Waals surface area contributed by atoms with Crippen LogP contribution < -0.4 is 10.2 Å². The topological polar surface area (TPSA) is 196 Å². The van der Waals surface area contributed by atoms with Crippen molar-refractivity contribution in [3.63, 3.8) is 0 Å². The highest BCUT2D eigenvalue weighted by Gasteiger charge is 2.51. The number of halogens is 9. The van der Waals surface area contributed by atoms with E-state index in [1.165, 1.54) is 23.4 Å². The van der Waals surface area contributed by atoms with Gasteiger partial charge in [0.2, 0.25) is 5.82 Å². The van der Waals surface area contributed by atoms with Crippen molar-refractivity contribution in [2.24, 2.45) is 0 Å². The lowest BCUT2D eigenvalue weighted by Gasteiger charge is -2.40. The summed E-state index contributed by atoms with van der Waals surface area (Å²) >= 11 is 0. The number of carbonyl (C=O) groups is 4. The predicted octanol–water partition coefficient (Wildman–Crippen LogP) is 4.01. The monoisotopic (exact) mass is 824 g/mol. The molecule has 5 rings (SSSR count). The molecule has 2 unspecified atom stereocenters. The smallest absolute Gasteiger partial charge is 0.364 e. The number of nitrogens with one attached hydrogen (secondary N) is 2. The SMILES string of the molecule is Cc1ccc2nc(C(=O)N3CCN(c4cnccn4)CC3)nc(NC3CCCCC3N(OC(=O)C(F)(F)F)C(=N)N(OC(=O)C(F)(F)F)OC(=O)C(F)(F)F)c2c1. The van der Waals surface area contributed by atoms with Gasteiger partial charge in [0.25, 0.3) is 5.91 Å². The number of aromatic nitrogens is 4. The zero-order valence-electron chi connectivity index (χ0n) is 29.1. The Morgan fingerprint density at radius 1 is 0.825 bits per heavy atom. The number of fused-ring (bicyclic) bond motifs is 1. The Kier molecular flexibility index (Phi) is 12.1. The van der Waals surface area contributed by atoms with Crippen molar-refractivity contribution >= 4 is 52.3 Å². The molecule has 2 aromatic heterocycles. The van der Waals surface area contributed by atoms with Crippen molar-refractivity contribution in [3.05, 3.63) is 48.2 Å². The fourth-order valence-electron chi connectivity index (χ4n) is 5.77. The van der Waals surface area contributed by atoms with Crippen molar-refractivity contribution in [2.45, 2.75) is 63.2 Å². The van der Waals surface area contributed by atoms with Gasteiger partial charge in [-0.2, -0.15) is 44.6 Å². The van der Waals surface area contributed by atoms with Crippen LogP contribution in [0.5, 0.6) is 0 Å². The molecule has 0 bridgehead atoms. The van der Waals surface area contributed by atoms with Gasteiger partial charge in [0.1, 0.15) is 11.6 Å². The van der Waals surface area contributed by atoms with Crippen LogP contribution in [0.25, 0.3) is 10.9 Å². The Morgan fingerprint density at radius 2 is 1.42 bits per heavy atom. The summed E-state index contributed by atoms with van der Waals surface area (Å²) in [6, 6.07) is 1.61. The summed E-state index contributed by atoms with van der Waals surface area (Å²) in [5.74, 6) is -12.6. The van der Waals surface area contributed by atoms with Gasteiger partial charge in [0.05, 0.1) is 23.8 Å². The molecule has 1 aliphatic heterocycles. The summed E-state index contributed by atoms with van der Waals surface area (Å²) in [6.45, 7) is 2.81. The van der Waals surface area contributed by atoms with Gasteiger partial charge in [-0.15, -0.1) is 0 Å². The van der Waals surface area contributed by atoms with E-state index >= 15 is 0 Å². The summed E-state index contributed by atoms with van der Waals surface area (Å²) in [7, 11) is 0. The molecular weight excluding hydrogens is 795 g/mol. The number of carbonyl (C=O) groups excluding carboxylic acids is 4. The second-order valence-electron chi connectivity index (χ2n) is 12.4. The quantitative estimate of drug-likeness (QED) is 0.162. The standard InChI is InChI=1S/C31H29F9N10O7/c1-16-6-7-18-17(14-16)22(46-23(44-18)24(51)48-12-10-47(11-13-48)21-15-42-8-9-43-21)45-19-4-2-3-5-20(19)49(55-25(52)29(32,33)34)28(41)50(56-26(53)30(35,36)37)57-27(54)31(38,39)40/h6-9,14-15,19-20,41H,2-5,10-13H2,1H3,(H,44,45,46). The number of amides is 1. The van der Waals surface area contributed by atoms with Gasteiger partial charge in [0, 0.05) is 49.2 Å². The number of rotatable bonds is 5. The fourth-order valence-corrected chi connectivity index (χ4v) is 5.77. The Hall–Kier alpha value is -6.24. The molecule has 1 amide bonds. The molecule has 1 saturated carbocycles. The minimum atomic E-state index is -6.00. The number of nitrogens with zero attached hydrogens (tertiary/aromatic N) is 8. The van der Waals surface area contributed by atoms with E-state index in [2.05, 4.69) is 39.8 Å². The summed E-state index contributed by atoms with van der Waals surface area (Å²) in [5, 5.41) is 9.59. The molecule has 2 atom stereocenters. The van der Waals surface area contributed by atoms with Crippen molar-refractivity contribution in [1.82, 2.24) is 35.1 Å². The molecule has 2 N–H and O–H groups in total. The van der Waals surface area contributed by atoms with Gasteiger partial charge in [-0.1, -0.05) is 24.5 Å². The van der Waals surface area contributed by atoms with Crippen molar-refractivity contribution in [1.29, 1.82) is 5.41 Å². The molecule has 0 radical (unpaired) electrons. The summed E-state index contributed by atoms with van der Waals surface area (Å²) < 4.78 is 119. The van der Waals surface area contributed by atoms with Crippen LogP contribution in [0.2, 0.25) is 0 Å². The Morgan fingerprint density at radius 3 is 2.00 bits per heavy atom. The molecule has 2 aliphatic rings. The van der Waals surface area contributed by atoms with Gasteiger partial charge in [-0.25, -0.2) is 29.3 Å². The van der Waals surface area contributed by atoms with Gasteiger partial charge in [0.15, 0.2) is 0 Å². The number of aryl methyl sites for hydroxylation is 1. The first kappa shape index (κ1) is 41.9. The molecule has 57 heavy (non-hydrogen) atoms. The van der Waals surface area contributed by atoms with E-state index < -0.39 is 70.7 Å². The first-order chi connectivity index (χ1) is 26.6. The highest BCUT2D eigenvalue weighted by molar-refractivity contribution is 5.97. The molecule has 3 heterocycles. The zero-order valence-corrected chi connectivity index (χ0v) is 29.1. The largest absolute Gasteiger partial charge is 0.493 e. The van der Waals surface area contributed by atoms with Crippen LogP contribution in [0.15, 0.2) is 36.8 Å². The van der Waals surface area contributed by atoms with Crippen LogP contribution in [-0.4, -0.2) is 122 Å². The zero-order chi connectivity index (χ0) is 41.9. The minimum absolute atomic E-state index is 0.0643. The Balaban J connectivity index is 1.49. The molecule has 2 fully saturated rings. The molecular formula is C31H29F9N10O7. The van der Waals surface area contributed by atoms with E-state index in [1.54, 1.807) is 25.3 Å². The van der Waals surface area contributed by atoms with E-state index in [1.807, 2.05) is 4.90 Å². The number of alkyl halides is 9. The van der Waals surface area contributed by atoms with Gasteiger partial charge >= 0.3 is 42.4 Å². The van der Waals surface area contributed by atoms with E-state index in [-0.39, 0.29) is 61.3 Å². The maximum atomic E-state index is 13.7. The molecule has 3 aromatic rings. The van der Waals surface area contributed by atoms with Crippen LogP contribution in [0.1, 0.15) is 41.9 Å². The summed E-state index contributed by atoms with van der Waals surface area (Å²) in [4.78, 5) is 81.0. The summed E-state index contributed by atoms with van der Waals surface area (Å²) in [6.07, 6.45) is -13.5. The third-order valence-electron chi connectivity index (χ3n) is 8.42. The molecule has 26 heteroatoms. The lowest BCUT2D eigenvalue weighted by molar-refractivity contribution is -0.326. The molecule has 1 aliphatic carbocycles. The van der Waals surface area contributed by atoms with Gasteiger partial charge in [-0.05, 0) is 31.9 Å². The molecule has 17 nitrogen and oxygen atoms in total. The van der Waals surface area contributed by atoms with E-state index in [4.69, 9.17) is 5.41 Å². The molecule has 1 aromatic carbocycles. The number of hydrogen-bond acceptors (Lipinski definition) is 14. The number of hydrogen-bond donors (Lipinski definition) is 2.